The minimum atomic E-state index is 0.242. The van der Waals surface area contributed by atoms with Crippen LogP contribution < -0.4 is 10.1 Å². The number of nitrogens with two attached hydrogens (primary N) is 1. The molecule has 0 aliphatic heterocycles. The Labute approximate surface area is 147 Å². The van der Waals surface area contributed by atoms with Gasteiger partial charge in [0.1, 0.15) is 0 Å². The zero-order valence-electron chi connectivity index (χ0n) is 13.7. The second-order valence-electron chi connectivity index (χ2n) is 5.85. The van der Waals surface area contributed by atoms with E-state index < -0.39 is 0 Å². The van der Waals surface area contributed by atoms with E-state index in [-0.39, 0.29) is 5.95 Å². The number of nitrogens with zero attached hydrogens (tertiary/aromatic N) is 7. The topological polar surface area (TPSA) is 104 Å². The van der Waals surface area contributed by atoms with E-state index >= 15 is 0 Å². The summed E-state index contributed by atoms with van der Waals surface area (Å²) < 4.78 is 10.4. The van der Waals surface area contributed by atoms with E-state index in [2.05, 4.69) is 32.3 Å². The zero-order valence-corrected chi connectivity index (χ0v) is 13.7. The molecule has 26 heavy (non-hydrogen) atoms. The SMILES string of the molecule is Nc1nc2n(CCc3ccccc3)nc[n+]2c2nc(-c3ccco3)nn12. The van der Waals surface area contributed by atoms with Gasteiger partial charge >= 0.3 is 11.6 Å². The highest BCUT2D eigenvalue weighted by Crippen LogP contribution is 2.16. The van der Waals surface area contributed by atoms with Crippen molar-refractivity contribution in [2.24, 2.45) is 0 Å². The Morgan fingerprint density at radius 2 is 1.92 bits per heavy atom. The molecule has 0 spiro atoms. The van der Waals surface area contributed by atoms with Crippen LogP contribution in [0.2, 0.25) is 0 Å². The lowest BCUT2D eigenvalue weighted by molar-refractivity contribution is -0.492. The molecule has 0 amide bonds. The summed E-state index contributed by atoms with van der Waals surface area (Å²) in [4.78, 5) is 8.97. The van der Waals surface area contributed by atoms with Crippen LogP contribution in [0.25, 0.3) is 23.1 Å². The lowest BCUT2D eigenvalue weighted by atomic mass is 10.1. The summed E-state index contributed by atoms with van der Waals surface area (Å²) >= 11 is 0. The molecule has 2 N–H and O–H groups in total. The van der Waals surface area contributed by atoms with Crippen molar-refractivity contribution >= 4 is 17.5 Å². The third-order valence-corrected chi connectivity index (χ3v) is 4.19. The lowest BCUT2D eigenvalue weighted by Crippen LogP contribution is -2.27. The number of fused-ring (bicyclic) bond motifs is 3. The van der Waals surface area contributed by atoms with E-state index in [1.807, 2.05) is 22.9 Å². The summed E-state index contributed by atoms with van der Waals surface area (Å²) in [5.74, 6) is 2.40. The summed E-state index contributed by atoms with van der Waals surface area (Å²) in [5.41, 5.74) is 7.32. The Hall–Kier alpha value is -3.75. The molecular weight excluding hydrogens is 332 g/mol. The van der Waals surface area contributed by atoms with Gasteiger partial charge in [0.05, 0.1) is 12.8 Å². The van der Waals surface area contributed by atoms with Crippen molar-refractivity contribution in [1.29, 1.82) is 0 Å². The van der Waals surface area contributed by atoms with Crippen LogP contribution in [0.1, 0.15) is 5.56 Å². The van der Waals surface area contributed by atoms with E-state index in [1.54, 1.807) is 29.1 Å². The van der Waals surface area contributed by atoms with Crippen molar-refractivity contribution in [2.45, 2.75) is 13.0 Å². The van der Waals surface area contributed by atoms with Crippen molar-refractivity contribution in [3.63, 3.8) is 0 Å². The Morgan fingerprint density at radius 1 is 1.04 bits per heavy atom. The number of anilines is 1. The van der Waals surface area contributed by atoms with Gasteiger partial charge in [-0.05, 0) is 24.1 Å². The first-order chi connectivity index (χ1) is 12.8. The van der Waals surface area contributed by atoms with Gasteiger partial charge in [-0.3, -0.25) is 0 Å². The van der Waals surface area contributed by atoms with E-state index in [0.29, 0.717) is 29.7 Å². The van der Waals surface area contributed by atoms with Crippen LogP contribution in [0.15, 0.2) is 59.5 Å². The van der Waals surface area contributed by atoms with Gasteiger partial charge in [-0.1, -0.05) is 45.5 Å². The number of hydrogen-bond acceptors (Lipinski definition) is 6. The number of nitrogen functional groups attached to an aromatic ring is 1. The summed E-state index contributed by atoms with van der Waals surface area (Å²) in [7, 11) is 0. The van der Waals surface area contributed by atoms with Crippen molar-refractivity contribution in [1.82, 2.24) is 29.4 Å². The Kier molecular flexibility index (Phi) is 3.17. The van der Waals surface area contributed by atoms with Crippen molar-refractivity contribution < 1.29 is 8.82 Å². The van der Waals surface area contributed by atoms with Gasteiger partial charge in [0, 0.05) is 0 Å². The molecule has 128 valence electrons. The van der Waals surface area contributed by atoms with Gasteiger partial charge < -0.3 is 10.2 Å². The highest BCUT2D eigenvalue weighted by Gasteiger charge is 2.22. The molecular formula is C17H15N8O+. The summed E-state index contributed by atoms with van der Waals surface area (Å²) in [6.07, 6.45) is 4.09. The third-order valence-electron chi connectivity index (χ3n) is 4.19. The molecule has 0 aliphatic rings. The largest absolute Gasteiger partial charge is 0.460 e. The first-order valence-electron chi connectivity index (χ1n) is 8.17. The van der Waals surface area contributed by atoms with Crippen molar-refractivity contribution in [2.75, 3.05) is 5.73 Å². The van der Waals surface area contributed by atoms with Crippen LogP contribution in [-0.2, 0) is 13.0 Å². The standard InChI is InChI=1S/C17H14N8O/c18-15-21-16-23(11-19-24(16)9-8-12-5-2-1-3-6-12)17-20-14(22-25(15)17)13-7-4-10-26-13/h1-7,10-11,18H,8-9H2/p+1. The number of aryl methyl sites for hydroxylation is 2. The molecule has 0 saturated carbocycles. The first-order valence-corrected chi connectivity index (χ1v) is 8.17. The Bertz CT molecular complexity index is 1190. The molecule has 0 radical (unpaired) electrons. The summed E-state index contributed by atoms with van der Waals surface area (Å²) in [5, 5.41) is 8.80. The van der Waals surface area contributed by atoms with Gasteiger partial charge in [0.15, 0.2) is 5.76 Å². The number of hydrogen-bond donors (Lipinski definition) is 1. The predicted octanol–water partition coefficient (Wildman–Crippen LogP) is 1.14. The van der Waals surface area contributed by atoms with Crippen LogP contribution >= 0.6 is 0 Å². The van der Waals surface area contributed by atoms with E-state index in [9.17, 15) is 0 Å². The second-order valence-corrected chi connectivity index (χ2v) is 5.85. The average Bonchev–Trinajstić information content (AvgIpc) is 3.39. The van der Waals surface area contributed by atoms with Gasteiger partial charge in [0.25, 0.3) is 11.8 Å². The lowest BCUT2D eigenvalue weighted by Gasteiger charge is -1.99. The molecule has 4 aromatic heterocycles. The molecule has 5 aromatic rings. The summed E-state index contributed by atoms with van der Waals surface area (Å²) in [6.45, 7) is 0.683. The van der Waals surface area contributed by atoms with E-state index in [1.165, 1.54) is 10.1 Å². The molecule has 0 atom stereocenters. The second kappa shape index (κ2) is 5.66. The minimum absolute atomic E-state index is 0.242. The van der Waals surface area contributed by atoms with E-state index in [0.717, 1.165) is 6.42 Å². The van der Waals surface area contributed by atoms with Crippen LogP contribution in [-0.4, -0.2) is 29.4 Å². The molecule has 4 heterocycles. The van der Waals surface area contributed by atoms with Gasteiger partial charge in [-0.2, -0.15) is 9.08 Å². The fourth-order valence-electron chi connectivity index (χ4n) is 2.91. The molecule has 9 heteroatoms. The molecule has 0 fully saturated rings. The van der Waals surface area contributed by atoms with Crippen LogP contribution in [0.4, 0.5) is 5.95 Å². The van der Waals surface area contributed by atoms with Gasteiger partial charge in [0.2, 0.25) is 6.33 Å². The smallest absolute Gasteiger partial charge is 0.344 e. The summed E-state index contributed by atoms with van der Waals surface area (Å²) in [6, 6.07) is 13.8. The fraction of sp³-hybridized carbons (Fsp3) is 0.118. The number of aromatic nitrogens is 7. The van der Waals surface area contributed by atoms with Crippen LogP contribution in [0.5, 0.6) is 0 Å². The Morgan fingerprint density at radius 3 is 2.73 bits per heavy atom. The monoisotopic (exact) mass is 347 g/mol. The normalized spacial score (nSPS) is 11.5. The molecule has 5 rings (SSSR count). The number of benzene rings is 1. The average molecular weight is 347 g/mol. The zero-order chi connectivity index (χ0) is 17.5. The molecule has 1 aromatic carbocycles. The maximum Gasteiger partial charge on any atom is 0.344 e. The number of rotatable bonds is 4. The van der Waals surface area contributed by atoms with Crippen LogP contribution in [0, 0.1) is 0 Å². The minimum Gasteiger partial charge on any atom is -0.460 e. The maximum atomic E-state index is 6.09. The fourth-order valence-corrected chi connectivity index (χ4v) is 2.91. The van der Waals surface area contributed by atoms with E-state index in [4.69, 9.17) is 10.2 Å². The number of furan rings is 1. The quantitative estimate of drug-likeness (QED) is 0.489. The molecule has 0 saturated heterocycles. The molecule has 0 unspecified atom stereocenters. The molecule has 0 aliphatic carbocycles. The molecule has 0 bridgehead atoms. The highest BCUT2D eigenvalue weighted by atomic mass is 16.3. The van der Waals surface area contributed by atoms with Crippen molar-refractivity contribution in [3.05, 3.63) is 60.6 Å². The Balaban J connectivity index is 1.58. The predicted molar refractivity (Wildman–Crippen MR) is 92.0 cm³/mol. The third kappa shape index (κ3) is 2.29. The van der Waals surface area contributed by atoms with Gasteiger partial charge in [-0.15, -0.1) is 9.50 Å². The molecule has 9 nitrogen and oxygen atoms in total. The van der Waals surface area contributed by atoms with Crippen LogP contribution in [0.3, 0.4) is 0 Å². The van der Waals surface area contributed by atoms with Gasteiger partial charge in [-0.25, -0.2) is 0 Å². The maximum absolute atomic E-state index is 6.09. The van der Waals surface area contributed by atoms with Crippen molar-refractivity contribution in [3.8, 4) is 11.6 Å². The highest BCUT2D eigenvalue weighted by molar-refractivity contribution is 5.50. The first kappa shape index (κ1) is 14.6.